The van der Waals surface area contributed by atoms with E-state index in [2.05, 4.69) is 36.2 Å². The minimum atomic E-state index is -3.67. The van der Waals surface area contributed by atoms with Gasteiger partial charge < -0.3 is 5.32 Å². The zero-order valence-corrected chi connectivity index (χ0v) is 14.2. The van der Waals surface area contributed by atoms with Crippen molar-refractivity contribution in [2.75, 3.05) is 11.3 Å². The number of hydrogen-bond acceptors (Lipinski definition) is 4. The second-order valence-electron chi connectivity index (χ2n) is 4.52. The number of aromatic nitrogens is 2. The average molecular weight is 373 g/mol. The van der Waals surface area contributed by atoms with Crippen LogP contribution in [-0.4, -0.2) is 25.2 Å². The van der Waals surface area contributed by atoms with Crippen LogP contribution in [0.4, 0.5) is 5.69 Å². The van der Waals surface area contributed by atoms with E-state index in [4.69, 9.17) is 0 Å². The van der Waals surface area contributed by atoms with E-state index < -0.39 is 10.0 Å². The Kier molecular flexibility index (Phi) is 5.02. The molecule has 114 valence electrons. The molecule has 2 aromatic rings. The van der Waals surface area contributed by atoms with E-state index in [1.165, 1.54) is 0 Å². The maximum atomic E-state index is 12.5. The van der Waals surface area contributed by atoms with Crippen molar-refractivity contribution in [3.8, 4) is 0 Å². The van der Waals surface area contributed by atoms with Gasteiger partial charge in [-0.25, -0.2) is 8.42 Å². The van der Waals surface area contributed by atoms with Crippen molar-refractivity contribution in [2.24, 2.45) is 0 Å². The highest BCUT2D eigenvalue weighted by atomic mass is 79.9. The number of nitrogens with one attached hydrogen (secondary N) is 3. The van der Waals surface area contributed by atoms with E-state index in [0.717, 1.165) is 11.0 Å². The Balaban J connectivity index is 2.31. The molecule has 0 amide bonds. The van der Waals surface area contributed by atoms with Crippen molar-refractivity contribution in [3.63, 3.8) is 0 Å². The molecule has 0 bridgehead atoms. The Morgan fingerprint density at radius 2 is 1.95 bits per heavy atom. The summed E-state index contributed by atoms with van der Waals surface area (Å²) in [7, 11) is -3.67. The summed E-state index contributed by atoms with van der Waals surface area (Å²) in [6, 6.07) is 6.95. The van der Waals surface area contributed by atoms with Crippen LogP contribution in [0.25, 0.3) is 0 Å². The predicted molar refractivity (Wildman–Crippen MR) is 85.7 cm³/mol. The first-order valence-corrected chi connectivity index (χ1v) is 8.74. The molecular weight excluding hydrogens is 356 g/mol. The maximum absolute atomic E-state index is 12.5. The number of hydrogen-bond donors (Lipinski definition) is 3. The highest BCUT2D eigenvalue weighted by molar-refractivity contribution is 9.10. The molecule has 0 radical (unpaired) electrons. The van der Waals surface area contributed by atoms with E-state index in [1.807, 2.05) is 6.92 Å². The molecule has 0 saturated carbocycles. The SMILES string of the molecule is CCNCc1n[nH]c(C)c1S(=O)(=O)Nc1ccc(Br)cc1. The van der Waals surface area contributed by atoms with Crippen LogP contribution in [0, 0.1) is 6.92 Å². The van der Waals surface area contributed by atoms with Gasteiger partial charge in [0.1, 0.15) is 4.90 Å². The van der Waals surface area contributed by atoms with Gasteiger partial charge in [0, 0.05) is 16.7 Å². The molecule has 1 aromatic heterocycles. The van der Waals surface area contributed by atoms with E-state index >= 15 is 0 Å². The van der Waals surface area contributed by atoms with Gasteiger partial charge in [-0.2, -0.15) is 5.10 Å². The highest BCUT2D eigenvalue weighted by Gasteiger charge is 2.24. The molecule has 6 nitrogen and oxygen atoms in total. The van der Waals surface area contributed by atoms with Crippen molar-refractivity contribution in [3.05, 3.63) is 40.1 Å². The fourth-order valence-electron chi connectivity index (χ4n) is 1.91. The fourth-order valence-corrected chi connectivity index (χ4v) is 3.60. The smallest absolute Gasteiger partial charge is 0.265 e. The molecule has 1 heterocycles. The number of aryl methyl sites for hydroxylation is 1. The summed E-state index contributed by atoms with van der Waals surface area (Å²) in [5.74, 6) is 0. The van der Waals surface area contributed by atoms with Crippen LogP contribution in [-0.2, 0) is 16.6 Å². The highest BCUT2D eigenvalue weighted by Crippen LogP contribution is 2.22. The monoisotopic (exact) mass is 372 g/mol. The number of benzene rings is 1. The number of halogens is 1. The normalized spacial score (nSPS) is 11.6. The van der Waals surface area contributed by atoms with Crippen molar-refractivity contribution in [1.82, 2.24) is 15.5 Å². The zero-order chi connectivity index (χ0) is 15.5. The number of H-pyrrole nitrogens is 1. The molecule has 0 fully saturated rings. The Hall–Kier alpha value is -1.38. The molecule has 21 heavy (non-hydrogen) atoms. The molecule has 1 aromatic carbocycles. The van der Waals surface area contributed by atoms with Gasteiger partial charge in [-0.15, -0.1) is 0 Å². The zero-order valence-electron chi connectivity index (χ0n) is 11.8. The maximum Gasteiger partial charge on any atom is 0.265 e. The molecule has 0 saturated heterocycles. The third-order valence-corrected chi connectivity index (χ3v) is 4.98. The molecule has 0 spiro atoms. The van der Waals surface area contributed by atoms with Crippen LogP contribution in [0.1, 0.15) is 18.3 Å². The van der Waals surface area contributed by atoms with Crippen LogP contribution in [0.3, 0.4) is 0 Å². The summed E-state index contributed by atoms with van der Waals surface area (Å²) in [6.07, 6.45) is 0. The average Bonchev–Trinajstić information content (AvgIpc) is 2.81. The van der Waals surface area contributed by atoms with Gasteiger partial charge in [-0.1, -0.05) is 22.9 Å². The van der Waals surface area contributed by atoms with Crippen molar-refractivity contribution >= 4 is 31.6 Å². The molecule has 3 N–H and O–H groups in total. The lowest BCUT2D eigenvalue weighted by Gasteiger charge is -2.09. The minimum absolute atomic E-state index is 0.200. The number of sulfonamides is 1. The standard InChI is InChI=1S/C13H17BrN4O2S/c1-3-15-8-12-13(9(2)16-17-12)21(19,20)18-11-6-4-10(14)5-7-11/h4-7,15,18H,3,8H2,1-2H3,(H,16,17). The molecule has 0 atom stereocenters. The topological polar surface area (TPSA) is 86.9 Å². The first kappa shape index (κ1) is 16.0. The van der Waals surface area contributed by atoms with Crippen LogP contribution < -0.4 is 10.0 Å². The Bertz CT molecular complexity index is 710. The van der Waals surface area contributed by atoms with Gasteiger partial charge in [-0.3, -0.25) is 9.82 Å². The van der Waals surface area contributed by atoms with Gasteiger partial charge in [0.15, 0.2) is 0 Å². The Labute approximate surface area is 132 Å². The van der Waals surface area contributed by atoms with Gasteiger partial charge >= 0.3 is 0 Å². The third-order valence-electron chi connectivity index (χ3n) is 2.87. The van der Waals surface area contributed by atoms with Crippen LogP contribution in [0.2, 0.25) is 0 Å². The number of aromatic amines is 1. The first-order valence-electron chi connectivity index (χ1n) is 6.47. The molecule has 0 aliphatic carbocycles. The second-order valence-corrected chi connectivity index (χ2v) is 7.05. The van der Waals surface area contributed by atoms with Gasteiger partial charge in [0.2, 0.25) is 0 Å². The third kappa shape index (κ3) is 3.84. The van der Waals surface area contributed by atoms with Gasteiger partial charge in [0.05, 0.1) is 11.4 Å². The van der Waals surface area contributed by atoms with Gasteiger partial charge in [-0.05, 0) is 37.7 Å². The lowest BCUT2D eigenvalue weighted by Crippen LogP contribution is -2.19. The van der Waals surface area contributed by atoms with Crippen LogP contribution in [0.15, 0.2) is 33.6 Å². The van der Waals surface area contributed by atoms with Crippen molar-refractivity contribution in [1.29, 1.82) is 0 Å². The summed E-state index contributed by atoms with van der Waals surface area (Å²) < 4.78 is 28.5. The fraction of sp³-hybridized carbons (Fsp3) is 0.308. The summed E-state index contributed by atoms with van der Waals surface area (Å²) in [6.45, 7) is 4.79. The molecular formula is C13H17BrN4O2S. The van der Waals surface area contributed by atoms with E-state index in [9.17, 15) is 8.42 Å². The second kappa shape index (κ2) is 6.59. The molecule has 8 heteroatoms. The Morgan fingerprint density at radius 1 is 1.29 bits per heavy atom. The number of anilines is 1. The minimum Gasteiger partial charge on any atom is -0.311 e. The van der Waals surface area contributed by atoms with Crippen LogP contribution >= 0.6 is 15.9 Å². The quantitative estimate of drug-likeness (QED) is 0.726. The van der Waals surface area contributed by atoms with E-state index in [-0.39, 0.29) is 4.90 Å². The Morgan fingerprint density at radius 3 is 2.57 bits per heavy atom. The summed E-state index contributed by atoms with van der Waals surface area (Å²) in [5.41, 5.74) is 1.51. The summed E-state index contributed by atoms with van der Waals surface area (Å²) in [4.78, 5) is 0.200. The molecule has 0 aliphatic rings. The largest absolute Gasteiger partial charge is 0.311 e. The van der Waals surface area contributed by atoms with E-state index in [1.54, 1.807) is 31.2 Å². The molecule has 0 unspecified atom stereocenters. The number of rotatable bonds is 6. The van der Waals surface area contributed by atoms with Crippen LogP contribution in [0.5, 0.6) is 0 Å². The summed E-state index contributed by atoms with van der Waals surface area (Å²) >= 11 is 3.31. The molecule has 0 aliphatic heterocycles. The lowest BCUT2D eigenvalue weighted by atomic mass is 10.3. The predicted octanol–water partition coefficient (Wildman–Crippen LogP) is 2.39. The van der Waals surface area contributed by atoms with E-state index in [0.29, 0.717) is 23.6 Å². The lowest BCUT2D eigenvalue weighted by molar-refractivity contribution is 0.597. The summed E-state index contributed by atoms with van der Waals surface area (Å²) in [5, 5.41) is 9.87. The van der Waals surface area contributed by atoms with Crippen molar-refractivity contribution in [2.45, 2.75) is 25.3 Å². The van der Waals surface area contributed by atoms with Crippen molar-refractivity contribution < 1.29 is 8.42 Å². The molecule has 2 rings (SSSR count). The number of nitrogens with zero attached hydrogens (tertiary/aromatic N) is 1. The van der Waals surface area contributed by atoms with Gasteiger partial charge in [0.25, 0.3) is 10.0 Å². The first-order chi connectivity index (χ1) is 9.94.